The van der Waals surface area contributed by atoms with Gasteiger partial charge < -0.3 is 10.6 Å². The number of nitrogens with zero attached hydrogens (tertiary/aromatic N) is 2. The second kappa shape index (κ2) is 11.1. The van der Waals surface area contributed by atoms with Crippen LogP contribution in [-0.2, 0) is 4.79 Å². The average molecular weight is 519 g/mol. The van der Waals surface area contributed by atoms with Gasteiger partial charge in [0.25, 0.3) is 5.91 Å². The van der Waals surface area contributed by atoms with Crippen molar-refractivity contribution in [1.29, 1.82) is 5.26 Å². The largest absolute Gasteiger partial charge is 0.360 e. The summed E-state index contributed by atoms with van der Waals surface area (Å²) in [4.78, 5) is 19.5. The molecule has 0 saturated heterocycles. The van der Waals surface area contributed by atoms with Crippen LogP contribution >= 0.6 is 23.1 Å². The highest BCUT2D eigenvalue weighted by Crippen LogP contribution is 2.34. The summed E-state index contributed by atoms with van der Waals surface area (Å²) < 4.78 is 1.16. The Hall–Kier alpha value is -4.38. The molecule has 0 unspecified atom stereocenters. The van der Waals surface area contributed by atoms with Gasteiger partial charge in [-0.25, -0.2) is 4.98 Å². The Morgan fingerprint density at radius 3 is 2.51 bits per heavy atom. The van der Waals surface area contributed by atoms with E-state index in [1.54, 1.807) is 23.1 Å². The van der Waals surface area contributed by atoms with Crippen LogP contribution in [0.3, 0.4) is 0 Å². The normalized spacial score (nSPS) is 11.2. The summed E-state index contributed by atoms with van der Waals surface area (Å²) >= 11 is 3.21. The van der Waals surface area contributed by atoms with Crippen molar-refractivity contribution in [2.75, 3.05) is 10.6 Å². The zero-order valence-electron chi connectivity index (χ0n) is 19.9. The molecule has 180 valence electrons. The highest BCUT2D eigenvalue weighted by molar-refractivity contribution is 7.99. The maximum atomic E-state index is 12.9. The van der Waals surface area contributed by atoms with E-state index in [2.05, 4.69) is 29.7 Å². The molecule has 1 heterocycles. The van der Waals surface area contributed by atoms with Crippen molar-refractivity contribution < 1.29 is 4.79 Å². The Morgan fingerprint density at radius 2 is 1.73 bits per heavy atom. The van der Waals surface area contributed by atoms with E-state index in [4.69, 9.17) is 4.98 Å². The number of rotatable bonds is 7. The van der Waals surface area contributed by atoms with Crippen LogP contribution in [0.4, 0.5) is 11.4 Å². The number of benzene rings is 4. The van der Waals surface area contributed by atoms with E-state index in [9.17, 15) is 10.1 Å². The van der Waals surface area contributed by atoms with Gasteiger partial charge in [-0.1, -0.05) is 48.2 Å². The molecule has 0 spiro atoms. The molecule has 1 aromatic heterocycles. The molecule has 5 aromatic rings. The van der Waals surface area contributed by atoms with E-state index in [1.807, 2.05) is 91.0 Å². The van der Waals surface area contributed by atoms with E-state index < -0.39 is 5.91 Å². The predicted molar refractivity (Wildman–Crippen MR) is 153 cm³/mol. The van der Waals surface area contributed by atoms with E-state index in [0.29, 0.717) is 5.69 Å². The number of carbonyl (C=O) groups is 1. The van der Waals surface area contributed by atoms with Crippen molar-refractivity contribution >= 4 is 50.6 Å². The molecule has 37 heavy (non-hydrogen) atoms. The molecule has 4 aromatic carbocycles. The Balaban J connectivity index is 1.27. The number of aryl methyl sites for hydroxylation is 1. The Bertz CT molecular complexity index is 1630. The molecule has 0 saturated carbocycles. The fraction of sp³-hybridized carbons (Fsp3) is 0.0333. The van der Waals surface area contributed by atoms with Crippen LogP contribution in [0.15, 0.2) is 119 Å². The number of thiazole rings is 1. The van der Waals surface area contributed by atoms with Gasteiger partial charge in [0.1, 0.15) is 16.6 Å². The van der Waals surface area contributed by atoms with Crippen LogP contribution in [0.2, 0.25) is 0 Å². The molecule has 0 fully saturated rings. The summed E-state index contributed by atoms with van der Waals surface area (Å²) in [6.07, 6.45) is 1.43. The van der Waals surface area contributed by atoms with Gasteiger partial charge in [0.2, 0.25) is 0 Å². The van der Waals surface area contributed by atoms with Gasteiger partial charge in [-0.2, -0.15) is 5.26 Å². The summed E-state index contributed by atoms with van der Waals surface area (Å²) in [6, 6.07) is 33.5. The van der Waals surface area contributed by atoms with Gasteiger partial charge in [-0.3, -0.25) is 4.79 Å². The van der Waals surface area contributed by atoms with Crippen molar-refractivity contribution in [3.05, 3.63) is 114 Å². The first kappa shape index (κ1) is 24.3. The molecule has 0 radical (unpaired) electrons. The number of carbonyl (C=O) groups excluding carboxylic acids is 1. The molecule has 0 aliphatic heterocycles. The Morgan fingerprint density at radius 1 is 0.973 bits per heavy atom. The SMILES string of the molecule is Cc1ccc2nc(-c3ccc(N/C=C(/C#N)C(=O)Nc4ccccc4Sc4ccccc4)cc3)sc2c1. The smallest absolute Gasteiger partial charge is 0.267 e. The summed E-state index contributed by atoms with van der Waals surface area (Å²) in [7, 11) is 0. The Labute approximate surface area is 223 Å². The molecule has 5 rings (SSSR count). The molecule has 0 aliphatic rings. The van der Waals surface area contributed by atoms with Crippen LogP contribution in [0.25, 0.3) is 20.8 Å². The van der Waals surface area contributed by atoms with Gasteiger partial charge in [-0.15, -0.1) is 11.3 Å². The average Bonchev–Trinajstić information content (AvgIpc) is 3.34. The molecule has 0 bridgehead atoms. The minimum Gasteiger partial charge on any atom is -0.360 e. The number of amides is 1. The summed E-state index contributed by atoms with van der Waals surface area (Å²) in [5.41, 5.74) is 4.61. The summed E-state index contributed by atoms with van der Waals surface area (Å²) in [5.74, 6) is -0.475. The molecule has 0 atom stereocenters. The standard InChI is InChI=1S/C30H22N4OS2/c1-20-11-16-26-28(17-20)37-30(34-26)21-12-14-23(15-13-21)32-19-22(18-31)29(35)33-25-9-5-6-10-27(25)36-24-7-3-2-4-8-24/h2-17,19,32H,1H3,(H,33,35)/b22-19-. The molecule has 0 aliphatic carbocycles. The van der Waals surface area contributed by atoms with Crippen LogP contribution in [0, 0.1) is 18.3 Å². The minimum absolute atomic E-state index is 0.0230. The maximum Gasteiger partial charge on any atom is 0.267 e. The number of hydrogen-bond donors (Lipinski definition) is 2. The van der Waals surface area contributed by atoms with Crippen LogP contribution in [0.1, 0.15) is 5.56 Å². The monoisotopic (exact) mass is 518 g/mol. The molecule has 7 heteroatoms. The van der Waals surface area contributed by atoms with Crippen LogP contribution in [0.5, 0.6) is 0 Å². The fourth-order valence-electron chi connectivity index (χ4n) is 3.63. The van der Waals surface area contributed by atoms with E-state index in [0.717, 1.165) is 36.3 Å². The third-order valence-corrected chi connectivity index (χ3v) is 7.68. The van der Waals surface area contributed by atoms with Crippen molar-refractivity contribution in [2.45, 2.75) is 16.7 Å². The minimum atomic E-state index is -0.475. The lowest BCUT2D eigenvalue weighted by Crippen LogP contribution is -2.15. The zero-order valence-corrected chi connectivity index (χ0v) is 21.6. The number of nitriles is 1. The van der Waals surface area contributed by atoms with Crippen molar-refractivity contribution in [2.24, 2.45) is 0 Å². The summed E-state index contributed by atoms with van der Waals surface area (Å²) in [6.45, 7) is 2.07. The van der Waals surface area contributed by atoms with Crippen molar-refractivity contribution in [1.82, 2.24) is 4.98 Å². The van der Waals surface area contributed by atoms with Gasteiger partial charge in [0.05, 0.1) is 15.9 Å². The van der Waals surface area contributed by atoms with Gasteiger partial charge in [0.15, 0.2) is 0 Å². The van der Waals surface area contributed by atoms with Gasteiger partial charge in [0, 0.05) is 27.2 Å². The summed E-state index contributed by atoms with van der Waals surface area (Å²) in [5, 5.41) is 16.5. The lowest BCUT2D eigenvalue weighted by atomic mass is 10.2. The van der Waals surface area contributed by atoms with Crippen LogP contribution in [-0.4, -0.2) is 10.9 Å². The highest BCUT2D eigenvalue weighted by atomic mass is 32.2. The first-order chi connectivity index (χ1) is 18.1. The molecular formula is C30H22N4OS2. The fourth-order valence-corrected chi connectivity index (χ4v) is 5.62. The third kappa shape index (κ3) is 5.89. The number of para-hydroxylation sites is 1. The van der Waals surface area contributed by atoms with Crippen molar-refractivity contribution in [3.63, 3.8) is 0 Å². The van der Waals surface area contributed by atoms with Gasteiger partial charge >= 0.3 is 0 Å². The first-order valence-electron chi connectivity index (χ1n) is 11.6. The molecule has 5 nitrogen and oxygen atoms in total. The molecular weight excluding hydrogens is 496 g/mol. The second-order valence-corrected chi connectivity index (χ2v) is 10.4. The van der Waals surface area contributed by atoms with Gasteiger partial charge in [-0.05, 0) is 73.2 Å². The van der Waals surface area contributed by atoms with Crippen LogP contribution < -0.4 is 10.6 Å². The number of anilines is 2. The van der Waals surface area contributed by atoms with E-state index in [1.165, 1.54) is 11.8 Å². The van der Waals surface area contributed by atoms with E-state index in [-0.39, 0.29) is 5.57 Å². The highest BCUT2D eigenvalue weighted by Gasteiger charge is 2.13. The topological polar surface area (TPSA) is 77.8 Å². The number of hydrogen-bond acceptors (Lipinski definition) is 6. The number of fused-ring (bicyclic) bond motifs is 1. The van der Waals surface area contributed by atoms with E-state index >= 15 is 0 Å². The predicted octanol–water partition coefficient (Wildman–Crippen LogP) is 7.88. The van der Waals surface area contributed by atoms with Crippen molar-refractivity contribution in [3.8, 4) is 16.6 Å². The first-order valence-corrected chi connectivity index (χ1v) is 13.2. The maximum absolute atomic E-state index is 12.9. The molecule has 2 N–H and O–H groups in total. The lowest BCUT2D eigenvalue weighted by molar-refractivity contribution is -0.112. The number of nitrogens with one attached hydrogen (secondary N) is 2. The third-order valence-electron chi connectivity index (χ3n) is 5.53. The second-order valence-electron chi connectivity index (χ2n) is 8.25. The Kier molecular flexibility index (Phi) is 7.31. The number of aromatic nitrogens is 1. The molecule has 1 amide bonds. The zero-order chi connectivity index (χ0) is 25.6. The quantitative estimate of drug-likeness (QED) is 0.169. The lowest BCUT2D eigenvalue weighted by Gasteiger charge is -2.10.